The van der Waals surface area contributed by atoms with E-state index in [4.69, 9.17) is 14.5 Å². The van der Waals surface area contributed by atoms with Gasteiger partial charge in [-0.2, -0.15) is 0 Å². The summed E-state index contributed by atoms with van der Waals surface area (Å²) in [5.74, 6) is 2.47. The predicted octanol–water partition coefficient (Wildman–Crippen LogP) is 3.96. The zero-order valence-corrected chi connectivity index (χ0v) is 19.6. The van der Waals surface area contributed by atoms with Gasteiger partial charge in [0.25, 0.3) is 0 Å². The van der Waals surface area contributed by atoms with Gasteiger partial charge >= 0.3 is 0 Å². The van der Waals surface area contributed by atoms with Crippen molar-refractivity contribution in [3.05, 3.63) is 59.4 Å². The maximum absolute atomic E-state index is 6.23. The predicted molar refractivity (Wildman–Crippen MR) is 130 cm³/mol. The third-order valence-corrected chi connectivity index (χ3v) is 7.70. The summed E-state index contributed by atoms with van der Waals surface area (Å²) in [4.78, 5) is 10.2. The zero-order chi connectivity index (χ0) is 22.2. The van der Waals surface area contributed by atoms with Gasteiger partial charge in [0.05, 0.1) is 36.8 Å². The number of morpholine rings is 1. The Kier molecular flexibility index (Phi) is 5.82. The molecule has 2 aromatic carbocycles. The first-order valence-corrected chi connectivity index (χ1v) is 12.5. The molecule has 1 aromatic heterocycles. The number of imidazole rings is 1. The van der Waals surface area contributed by atoms with E-state index in [1.807, 2.05) is 0 Å². The molecular formula is C27H34N4O2. The molecule has 0 spiro atoms. The highest BCUT2D eigenvalue weighted by Gasteiger charge is 2.38. The summed E-state index contributed by atoms with van der Waals surface area (Å²) >= 11 is 0. The third-order valence-electron chi connectivity index (χ3n) is 7.70. The summed E-state index contributed by atoms with van der Waals surface area (Å²) in [6.07, 6.45) is 3.56. The average molecular weight is 447 g/mol. The summed E-state index contributed by atoms with van der Waals surface area (Å²) in [5, 5.41) is 0. The van der Waals surface area contributed by atoms with Crippen molar-refractivity contribution < 1.29 is 9.47 Å². The monoisotopic (exact) mass is 446 g/mol. The third kappa shape index (κ3) is 4.05. The van der Waals surface area contributed by atoms with Gasteiger partial charge in [-0.15, -0.1) is 0 Å². The van der Waals surface area contributed by atoms with Crippen LogP contribution in [0, 0.1) is 0 Å². The van der Waals surface area contributed by atoms with Crippen LogP contribution in [0.4, 0.5) is 0 Å². The highest BCUT2D eigenvalue weighted by Crippen LogP contribution is 2.45. The van der Waals surface area contributed by atoms with E-state index in [1.165, 1.54) is 41.9 Å². The molecule has 0 saturated carbocycles. The molecule has 0 amide bonds. The van der Waals surface area contributed by atoms with Crippen molar-refractivity contribution in [3.63, 3.8) is 0 Å². The smallest absolute Gasteiger partial charge is 0.119 e. The van der Waals surface area contributed by atoms with Gasteiger partial charge in [0.2, 0.25) is 0 Å². The van der Waals surface area contributed by atoms with Crippen molar-refractivity contribution in [1.29, 1.82) is 0 Å². The van der Waals surface area contributed by atoms with E-state index in [9.17, 15) is 0 Å². The molecule has 2 atom stereocenters. The lowest BCUT2D eigenvalue weighted by Gasteiger charge is -2.37. The number of hydrogen-bond acceptors (Lipinski definition) is 5. The standard InChI is InChI=1S/C27H34N4O2/c1-29-26-7-3-2-6-24(26)28-27(29)23-19-31-12-4-8-25(31)22-18-20(9-10-21(22)23)33-15-5-11-30-13-16-32-17-14-30/h2-3,6-7,9-10,18,23,25H,4-5,8,11-17,19H2,1H3/t23-,25-/m0/s1. The Hall–Kier alpha value is -2.41. The molecule has 33 heavy (non-hydrogen) atoms. The molecular weight excluding hydrogens is 412 g/mol. The molecule has 6 heteroatoms. The van der Waals surface area contributed by atoms with Crippen molar-refractivity contribution in [2.75, 3.05) is 52.5 Å². The van der Waals surface area contributed by atoms with Crippen LogP contribution in [0.5, 0.6) is 5.75 Å². The van der Waals surface area contributed by atoms with Crippen LogP contribution in [0.1, 0.15) is 48.2 Å². The van der Waals surface area contributed by atoms with E-state index in [0.29, 0.717) is 12.0 Å². The summed E-state index contributed by atoms with van der Waals surface area (Å²) in [7, 11) is 2.16. The molecule has 4 heterocycles. The largest absolute Gasteiger partial charge is 0.494 e. The molecule has 174 valence electrons. The van der Waals surface area contributed by atoms with Crippen molar-refractivity contribution in [2.24, 2.45) is 7.05 Å². The molecule has 2 fully saturated rings. The summed E-state index contributed by atoms with van der Waals surface area (Å²) in [6.45, 7) is 7.87. The van der Waals surface area contributed by atoms with Crippen LogP contribution in [0.2, 0.25) is 0 Å². The number of nitrogens with zero attached hydrogens (tertiary/aromatic N) is 4. The number of rotatable bonds is 6. The molecule has 3 aliphatic rings. The minimum Gasteiger partial charge on any atom is -0.494 e. The summed E-state index contributed by atoms with van der Waals surface area (Å²) in [5.41, 5.74) is 5.16. The maximum Gasteiger partial charge on any atom is 0.119 e. The van der Waals surface area contributed by atoms with Gasteiger partial charge in [-0.3, -0.25) is 9.80 Å². The molecule has 6 rings (SSSR count). The van der Waals surface area contributed by atoms with Crippen LogP contribution in [0.3, 0.4) is 0 Å². The lowest BCUT2D eigenvalue weighted by molar-refractivity contribution is 0.0358. The number of hydrogen-bond donors (Lipinski definition) is 0. The molecule has 3 aliphatic heterocycles. The fraction of sp³-hybridized carbons (Fsp3) is 0.519. The Morgan fingerprint density at radius 1 is 1.06 bits per heavy atom. The molecule has 2 saturated heterocycles. The summed E-state index contributed by atoms with van der Waals surface area (Å²) in [6, 6.07) is 15.8. The fourth-order valence-corrected chi connectivity index (χ4v) is 5.98. The lowest BCUT2D eigenvalue weighted by atomic mass is 9.84. The van der Waals surface area contributed by atoms with E-state index in [1.54, 1.807) is 0 Å². The Labute approximate surface area is 196 Å². The van der Waals surface area contributed by atoms with Gasteiger partial charge in [0.1, 0.15) is 11.6 Å². The lowest BCUT2D eigenvalue weighted by Crippen LogP contribution is -2.37. The molecule has 0 aliphatic carbocycles. The molecule has 6 nitrogen and oxygen atoms in total. The molecule has 0 radical (unpaired) electrons. The Morgan fingerprint density at radius 3 is 2.82 bits per heavy atom. The Morgan fingerprint density at radius 2 is 1.94 bits per heavy atom. The molecule has 0 bridgehead atoms. The van der Waals surface area contributed by atoms with Gasteiger partial charge in [-0.25, -0.2) is 4.98 Å². The van der Waals surface area contributed by atoms with E-state index in [-0.39, 0.29) is 0 Å². The zero-order valence-electron chi connectivity index (χ0n) is 19.6. The van der Waals surface area contributed by atoms with Crippen LogP contribution in [-0.2, 0) is 11.8 Å². The van der Waals surface area contributed by atoms with Crippen LogP contribution < -0.4 is 4.74 Å². The minimum absolute atomic E-state index is 0.294. The second-order valence-corrected chi connectivity index (χ2v) is 9.67. The van der Waals surface area contributed by atoms with E-state index >= 15 is 0 Å². The van der Waals surface area contributed by atoms with Crippen LogP contribution in [0.15, 0.2) is 42.5 Å². The van der Waals surface area contributed by atoms with Gasteiger partial charge in [0.15, 0.2) is 0 Å². The fourth-order valence-electron chi connectivity index (χ4n) is 5.98. The SMILES string of the molecule is Cn1c([C@H]2CN3CCC[C@H]3c3cc(OCCCN4CCOCC4)ccc32)nc2ccccc21. The highest BCUT2D eigenvalue weighted by molar-refractivity contribution is 5.76. The minimum atomic E-state index is 0.294. The Bertz CT molecular complexity index is 1120. The number of ether oxygens (including phenoxy) is 2. The molecule has 0 unspecified atom stereocenters. The van der Waals surface area contributed by atoms with Crippen LogP contribution in [0.25, 0.3) is 11.0 Å². The van der Waals surface area contributed by atoms with E-state index in [2.05, 4.69) is 63.9 Å². The van der Waals surface area contributed by atoms with Gasteiger partial charge in [0, 0.05) is 39.3 Å². The van der Waals surface area contributed by atoms with Crippen molar-refractivity contribution in [2.45, 2.75) is 31.2 Å². The summed E-state index contributed by atoms with van der Waals surface area (Å²) < 4.78 is 14.0. The topological polar surface area (TPSA) is 42.8 Å². The highest BCUT2D eigenvalue weighted by atomic mass is 16.5. The van der Waals surface area contributed by atoms with E-state index in [0.717, 1.165) is 63.7 Å². The Balaban J connectivity index is 1.23. The number of aryl methyl sites for hydroxylation is 1. The maximum atomic E-state index is 6.23. The van der Waals surface area contributed by atoms with Gasteiger partial charge < -0.3 is 14.0 Å². The van der Waals surface area contributed by atoms with Crippen molar-refractivity contribution in [3.8, 4) is 5.75 Å². The normalized spacial score (nSPS) is 23.5. The van der Waals surface area contributed by atoms with Crippen LogP contribution in [-0.4, -0.2) is 71.9 Å². The second-order valence-electron chi connectivity index (χ2n) is 9.67. The van der Waals surface area contributed by atoms with E-state index < -0.39 is 0 Å². The molecule has 0 N–H and O–H groups in total. The van der Waals surface area contributed by atoms with Crippen molar-refractivity contribution >= 4 is 11.0 Å². The molecule has 3 aromatic rings. The first-order chi connectivity index (χ1) is 16.3. The number of fused-ring (bicyclic) bond motifs is 4. The first-order valence-electron chi connectivity index (χ1n) is 12.5. The second kappa shape index (κ2) is 9.09. The van der Waals surface area contributed by atoms with Crippen molar-refractivity contribution in [1.82, 2.24) is 19.4 Å². The number of para-hydroxylation sites is 2. The van der Waals surface area contributed by atoms with Gasteiger partial charge in [-0.05, 0) is 61.2 Å². The number of aromatic nitrogens is 2. The van der Waals surface area contributed by atoms with Crippen LogP contribution >= 0.6 is 0 Å². The average Bonchev–Trinajstić information content (AvgIpc) is 3.47. The van der Waals surface area contributed by atoms with Gasteiger partial charge in [-0.1, -0.05) is 18.2 Å². The quantitative estimate of drug-likeness (QED) is 0.537. The first kappa shape index (κ1) is 21.1. The number of benzene rings is 2.